The van der Waals surface area contributed by atoms with E-state index in [0.29, 0.717) is 0 Å². The average molecular weight is 390 g/mol. The van der Waals surface area contributed by atoms with Crippen molar-refractivity contribution in [3.8, 4) is 0 Å². The molecule has 2 saturated heterocycles. The van der Waals surface area contributed by atoms with Crippen molar-refractivity contribution in [3.05, 3.63) is 44.8 Å². The SMILES string of the molecule is O=C1NC(=O)C(c2ccsc2)O1.O=C1NC(=O)C(c2ccsc2)O1.[NaH]. The van der Waals surface area contributed by atoms with Crippen LogP contribution in [0, 0.1) is 0 Å². The third-order valence-corrected chi connectivity index (χ3v) is 4.47. The molecule has 4 heterocycles. The number of ether oxygens (including phenoxy) is 2. The summed E-state index contributed by atoms with van der Waals surface area (Å²) in [5.74, 6) is -0.781. The van der Waals surface area contributed by atoms with E-state index in [4.69, 9.17) is 9.47 Å². The van der Waals surface area contributed by atoms with Gasteiger partial charge in [0.15, 0.2) is 0 Å². The Kier molecular flexibility index (Phi) is 6.73. The minimum absolute atomic E-state index is 0. The molecule has 0 radical (unpaired) electrons. The van der Waals surface area contributed by atoms with Gasteiger partial charge in [0.2, 0.25) is 12.2 Å². The molecular weight excluding hydrogens is 379 g/mol. The third-order valence-electron chi connectivity index (χ3n) is 3.07. The summed E-state index contributed by atoms with van der Waals surface area (Å²) < 4.78 is 9.45. The zero-order valence-corrected chi connectivity index (χ0v) is 13.5. The van der Waals surface area contributed by atoms with Crippen LogP contribution in [0.5, 0.6) is 0 Å². The zero-order valence-electron chi connectivity index (χ0n) is 11.9. The van der Waals surface area contributed by atoms with Crippen LogP contribution in [0.3, 0.4) is 0 Å². The summed E-state index contributed by atoms with van der Waals surface area (Å²) in [5.41, 5.74) is 1.45. The number of alkyl carbamates (subject to hydrolysis) is 2. The van der Waals surface area contributed by atoms with E-state index >= 15 is 0 Å². The molecule has 0 spiro atoms. The van der Waals surface area contributed by atoms with Crippen LogP contribution in [-0.4, -0.2) is 53.6 Å². The number of hydrogen-bond acceptors (Lipinski definition) is 8. The van der Waals surface area contributed by atoms with Crippen molar-refractivity contribution in [1.82, 2.24) is 10.6 Å². The molecule has 8 nitrogen and oxygen atoms in total. The molecule has 4 amide bonds. The van der Waals surface area contributed by atoms with Crippen molar-refractivity contribution < 1.29 is 28.7 Å². The number of rotatable bonds is 2. The number of amides is 4. The number of thiophene rings is 2. The molecule has 25 heavy (non-hydrogen) atoms. The van der Waals surface area contributed by atoms with Gasteiger partial charge in [-0.05, 0) is 33.7 Å². The number of imide groups is 2. The van der Waals surface area contributed by atoms with E-state index < -0.39 is 36.2 Å². The summed E-state index contributed by atoms with van der Waals surface area (Å²) in [6.07, 6.45) is -2.83. The monoisotopic (exact) mass is 390 g/mol. The average Bonchev–Trinajstić information content (AvgIpc) is 3.29. The fourth-order valence-corrected chi connectivity index (χ4v) is 3.35. The van der Waals surface area contributed by atoms with Crippen molar-refractivity contribution in [2.24, 2.45) is 0 Å². The Morgan fingerprint density at radius 3 is 1.40 bits per heavy atom. The molecule has 2 aromatic heterocycles. The van der Waals surface area contributed by atoms with Crippen LogP contribution in [0.1, 0.15) is 23.3 Å². The summed E-state index contributed by atoms with van der Waals surface area (Å²) in [4.78, 5) is 43.3. The fourth-order valence-electron chi connectivity index (χ4n) is 2.00. The van der Waals surface area contributed by atoms with Gasteiger partial charge in [0.1, 0.15) is 0 Å². The van der Waals surface area contributed by atoms with Crippen molar-refractivity contribution in [1.29, 1.82) is 0 Å². The van der Waals surface area contributed by atoms with Gasteiger partial charge in [-0.1, -0.05) is 0 Å². The van der Waals surface area contributed by atoms with Gasteiger partial charge in [0.25, 0.3) is 11.8 Å². The normalized spacial score (nSPS) is 21.3. The van der Waals surface area contributed by atoms with E-state index in [1.54, 1.807) is 22.9 Å². The van der Waals surface area contributed by atoms with E-state index in [1.807, 2.05) is 10.8 Å². The standard InChI is InChI=1S/2C7H5NO3S.Na.H/c2*9-6-5(11-7(10)8-6)4-1-2-12-3-4;;/h2*1-3,5H,(H,8,9,10);;. The first-order chi connectivity index (χ1) is 11.5. The van der Waals surface area contributed by atoms with Gasteiger partial charge in [-0.15, -0.1) is 0 Å². The van der Waals surface area contributed by atoms with Crippen LogP contribution in [0.2, 0.25) is 0 Å². The Bertz CT molecular complexity index is 711. The number of nitrogens with one attached hydrogen (secondary N) is 2. The van der Waals surface area contributed by atoms with Gasteiger partial charge < -0.3 is 9.47 Å². The quantitative estimate of drug-likeness (QED) is 0.751. The van der Waals surface area contributed by atoms with E-state index in [1.165, 1.54) is 22.7 Å². The first-order valence-corrected chi connectivity index (χ1v) is 8.50. The van der Waals surface area contributed by atoms with E-state index in [0.717, 1.165) is 11.1 Å². The van der Waals surface area contributed by atoms with Crippen LogP contribution in [0.4, 0.5) is 9.59 Å². The predicted octanol–water partition coefficient (Wildman–Crippen LogP) is 1.46. The van der Waals surface area contributed by atoms with Gasteiger partial charge >= 0.3 is 41.7 Å². The molecule has 4 rings (SSSR count). The Balaban J connectivity index is 0.000000173. The van der Waals surface area contributed by atoms with Gasteiger partial charge in [-0.3, -0.25) is 20.2 Å². The molecule has 2 fully saturated rings. The van der Waals surface area contributed by atoms with E-state index in [-0.39, 0.29) is 29.6 Å². The third kappa shape index (κ3) is 4.67. The molecule has 2 atom stereocenters. The predicted molar refractivity (Wildman–Crippen MR) is 90.5 cm³/mol. The van der Waals surface area contributed by atoms with Crippen molar-refractivity contribution in [2.45, 2.75) is 12.2 Å². The first kappa shape index (κ1) is 19.6. The summed E-state index contributed by atoms with van der Waals surface area (Å²) in [6.45, 7) is 0. The minimum atomic E-state index is -0.747. The Hall–Kier alpha value is -1.72. The number of carbonyl (C=O) groups is 4. The molecular formula is C14H11N2NaO6S2. The van der Waals surface area contributed by atoms with Crippen molar-refractivity contribution in [2.75, 3.05) is 0 Å². The van der Waals surface area contributed by atoms with Crippen molar-refractivity contribution in [3.63, 3.8) is 0 Å². The molecule has 126 valence electrons. The number of carbonyl (C=O) groups excluding carboxylic acids is 4. The maximum absolute atomic E-state index is 11.0. The summed E-state index contributed by atoms with van der Waals surface area (Å²) in [6, 6.07) is 3.51. The van der Waals surface area contributed by atoms with Crippen LogP contribution < -0.4 is 10.6 Å². The van der Waals surface area contributed by atoms with Gasteiger partial charge in [0.05, 0.1) is 0 Å². The molecule has 11 heteroatoms. The molecule has 2 aliphatic heterocycles. The molecule has 0 aromatic carbocycles. The second-order valence-corrected chi connectivity index (χ2v) is 6.22. The first-order valence-electron chi connectivity index (χ1n) is 6.62. The number of cyclic esters (lactones) is 2. The Labute approximate surface area is 171 Å². The summed E-state index contributed by atoms with van der Waals surface area (Å²) in [7, 11) is 0. The summed E-state index contributed by atoms with van der Waals surface area (Å²) >= 11 is 2.92. The summed E-state index contributed by atoms with van der Waals surface area (Å²) in [5, 5.41) is 11.3. The molecule has 2 unspecified atom stereocenters. The van der Waals surface area contributed by atoms with Gasteiger partial charge in [-0.2, -0.15) is 22.7 Å². The fraction of sp³-hybridized carbons (Fsp3) is 0.143. The van der Waals surface area contributed by atoms with Crippen LogP contribution in [0.25, 0.3) is 0 Å². The van der Waals surface area contributed by atoms with Gasteiger partial charge in [-0.25, -0.2) is 9.59 Å². The maximum atomic E-state index is 11.0. The molecule has 0 saturated carbocycles. The topological polar surface area (TPSA) is 111 Å². The second kappa shape index (κ2) is 8.59. The van der Waals surface area contributed by atoms with Crippen LogP contribution in [0.15, 0.2) is 33.7 Å². The molecule has 2 aliphatic rings. The molecule has 0 aliphatic carbocycles. The van der Waals surface area contributed by atoms with Crippen LogP contribution in [-0.2, 0) is 19.1 Å². The van der Waals surface area contributed by atoms with E-state index in [2.05, 4.69) is 10.6 Å². The van der Waals surface area contributed by atoms with Crippen molar-refractivity contribution >= 4 is 76.2 Å². The Morgan fingerprint density at radius 2 is 1.16 bits per heavy atom. The van der Waals surface area contributed by atoms with Gasteiger partial charge in [0, 0.05) is 11.1 Å². The molecule has 2 N–H and O–H groups in total. The Morgan fingerprint density at radius 1 is 0.760 bits per heavy atom. The zero-order chi connectivity index (χ0) is 17.1. The second-order valence-electron chi connectivity index (χ2n) is 4.66. The molecule has 0 bridgehead atoms. The number of hydrogen-bond donors (Lipinski definition) is 2. The van der Waals surface area contributed by atoms with Crippen LogP contribution >= 0.6 is 22.7 Å². The molecule has 2 aromatic rings. The van der Waals surface area contributed by atoms with E-state index in [9.17, 15) is 19.2 Å².